The zero-order valence-electron chi connectivity index (χ0n) is 20.8. The molecule has 182 valence electrons. The molecule has 1 aliphatic heterocycles. The first-order valence-electron chi connectivity index (χ1n) is 12.4. The third-order valence-electron chi connectivity index (χ3n) is 6.19. The van der Waals surface area contributed by atoms with Crippen LogP contribution in [0.4, 0.5) is 0 Å². The first-order chi connectivity index (χ1) is 17.2. The standard InChI is InChI=1S/C28H35N7/c1-23-27-11-7-12-28(33-27)24(2)30-16-20-35(22-26-10-4-6-14-32-26)18-8-17-34(19-15-29-23)21-25-9-3-5-13-31-25/h3-7,9-14H,8,15-22H2,1-2H3. The fourth-order valence-corrected chi connectivity index (χ4v) is 4.22. The number of hydrogen-bond donors (Lipinski definition) is 0. The van der Waals surface area contributed by atoms with E-state index in [-0.39, 0.29) is 0 Å². The SMILES string of the molecule is CC1=NCCN(Cc2ccccn2)CCCN(Cc2ccccn2)CCN=C(C)c2cccc1n2. The van der Waals surface area contributed by atoms with E-state index in [1.165, 1.54) is 0 Å². The molecule has 0 unspecified atom stereocenters. The topological polar surface area (TPSA) is 69.9 Å². The minimum atomic E-state index is 0.731. The molecule has 7 nitrogen and oxygen atoms in total. The van der Waals surface area contributed by atoms with E-state index in [0.29, 0.717) is 0 Å². The predicted octanol–water partition coefficient (Wildman–Crippen LogP) is 3.90. The second-order valence-corrected chi connectivity index (χ2v) is 8.89. The Hall–Kier alpha value is -3.29. The van der Waals surface area contributed by atoms with Gasteiger partial charge in [0.1, 0.15) is 0 Å². The van der Waals surface area contributed by atoms with Crippen LogP contribution < -0.4 is 0 Å². The van der Waals surface area contributed by atoms with Crippen LogP contribution in [0.5, 0.6) is 0 Å². The summed E-state index contributed by atoms with van der Waals surface area (Å²) in [6, 6.07) is 18.3. The highest BCUT2D eigenvalue weighted by Gasteiger charge is 2.12. The van der Waals surface area contributed by atoms with E-state index >= 15 is 0 Å². The Morgan fingerprint density at radius 2 is 1.14 bits per heavy atom. The first-order valence-corrected chi connectivity index (χ1v) is 12.4. The average Bonchev–Trinajstić information content (AvgIpc) is 2.89. The van der Waals surface area contributed by atoms with E-state index in [1.807, 2.05) is 56.6 Å². The molecule has 35 heavy (non-hydrogen) atoms. The van der Waals surface area contributed by atoms with Crippen LogP contribution in [0.25, 0.3) is 0 Å². The molecule has 4 heterocycles. The summed E-state index contributed by atoms with van der Waals surface area (Å²) in [6.07, 6.45) is 4.79. The van der Waals surface area contributed by atoms with Crippen LogP contribution in [0.3, 0.4) is 0 Å². The van der Waals surface area contributed by atoms with Crippen molar-refractivity contribution >= 4 is 11.4 Å². The van der Waals surface area contributed by atoms with Gasteiger partial charge in [0.15, 0.2) is 0 Å². The van der Waals surface area contributed by atoms with Crippen molar-refractivity contribution in [3.8, 4) is 0 Å². The van der Waals surface area contributed by atoms with Crippen LogP contribution in [0.15, 0.2) is 77.0 Å². The molecule has 7 heteroatoms. The number of rotatable bonds is 4. The van der Waals surface area contributed by atoms with E-state index in [0.717, 1.165) is 93.0 Å². The number of nitrogens with zero attached hydrogens (tertiary/aromatic N) is 7. The molecule has 0 fully saturated rings. The molecule has 0 spiro atoms. The van der Waals surface area contributed by atoms with Gasteiger partial charge in [-0.25, -0.2) is 4.98 Å². The van der Waals surface area contributed by atoms with Crippen molar-refractivity contribution in [3.63, 3.8) is 0 Å². The minimum Gasteiger partial charge on any atom is -0.296 e. The molecule has 2 bridgehead atoms. The highest BCUT2D eigenvalue weighted by atomic mass is 15.2. The fourth-order valence-electron chi connectivity index (χ4n) is 4.22. The molecule has 4 rings (SSSR count). The summed E-state index contributed by atoms with van der Waals surface area (Å²) in [5.74, 6) is 0. The molecule has 0 radical (unpaired) electrons. The van der Waals surface area contributed by atoms with Gasteiger partial charge in [0.2, 0.25) is 0 Å². The zero-order chi connectivity index (χ0) is 24.3. The first kappa shape index (κ1) is 24.8. The highest BCUT2D eigenvalue weighted by Crippen LogP contribution is 2.08. The monoisotopic (exact) mass is 469 g/mol. The Balaban J connectivity index is 1.54. The number of fused-ring (bicyclic) bond motifs is 2. The lowest BCUT2D eigenvalue weighted by Gasteiger charge is -2.25. The molecule has 0 saturated carbocycles. The van der Waals surface area contributed by atoms with Crippen molar-refractivity contribution in [2.45, 2.75) is 33.4 Å². The average molecular weight is 470 g/mol. The second kappa shape index (κ2) is 13.0. The minimum absolute atomic E-state index is 0.731. The summed E-state index contributed by atoms with van der Waals surface area (Å²) in [6.45, 7) is 10.9. The summed E-state index contributed by atoms with van der Waals surface area (Å²) in [5, 5.41) is 0. The predicted molar refractivity (Wildman–Crippen MR) is 142 cm³/mol. The van der Waals surface area contributed by atoms with E-state index in [2.05, 4.69) is 44.0 Å². The fraction of sp³-hybridized carbons (Fsp3) is 0.393. The van der Waals surface area contributed by atoms with E-state index < -0.39 is 0 Å². The summed E-state index contributed by atoms with van der Waals surface area (Å²) in [7, 11) is 0. The van der Waals surface area contributed by atoms with E-state index in [4.69, 9.17) is 15.0 Å². The smallest absolute Gasteiger partial charge is 0.0845 e. The third kappa shape index (κ3) is 7.87. The van der Waals surface area contributed by atoms with Crippen LogP contribution in [-0.4, -0.2) is 75.4 Å². The van der Waals surface area contributed by atoms with Crippen molar-refractivity contribution in [1.29, 1.82) is 0 Å². The van der Waals surface area contributed by atoms with Crippen molar-refractivity contribution in [3.05, 3.63) is 89.8 Å². The number of aliphatic imine (C=N–C) groups is 2. The normalized spacial score (nSPS) is 17.0. The largest absolute Gasteiger partial charge is 0.296 e. The molecule has 0 amide bonds. The number of aromatic nitrogens is 3. The second-order valence-electron chi connectivity index (χ2n) is 8.89. The van der Waals surface area contributed by atoms with Crippen LogP contribution in [-0.2, 0) is 13.1 Å². The van der Waals surface area contributed by atoms with E-state index in [9.17, 15) is 0 Å². The lowest BCUT2D eigenvalue weighted by molar-refractivity contribution is 0.220. The van der Waals surface area contributed by atoms with Gasteiger partial charge in [-0.05, 0) is 69.8 Å². The Morgan fingerprint density at radius 1 is 0.629 bits per heavy atom. The van der Waals surface area contributed by atoms with Gasteiger partial charge in [-0.3, -0.25) is 29.8 Å². The Labute approximate surface area is 208 Å². The summed E-state index contributed by atoms with van der Waals surface area (Å²) < 4.78 is 0. The van der Waals surface area contributed by atoms with Gasteiger partial charge in [-0.15, -0.1) is 0 Å². The maximum atomic E-state index is 4.85. The quantitative estimate of drug-likeness (QED) is 0.580. The Kier molecular flexibility index (Phi) is 9.20. The van der Waals surface area contributed by atoms with Gasteiger partial charge >= 0.3 is 0 Å². The number of pyridine rings is 3. The molecule has 3 aromatic heterocycles. The molecular weight excluding hydrogens is 434 g/mol. The van der Waals surface area contributed by atoms with Crippen molar-refractivity contribution in [2.24, 2.45) is 9.98 Å². The van der Waals surface area contributed by atoms with Gasteiger partial charge in [0.05, 0.1) is 47.3 Å². The maximum Gasteiger partial charge on any atom is 0.0845 e. The van der Waals surface area contributed by atoms with Gasteiger partial charge in [-0.1, -0.05) is 18.2 Å². The summed E-state index contributed by atoms with van der Waals surface area (Å²) in [5.41, 5.74) is 5.94. The zero-order valence-corrected chi connectivity index (χ0v) is 20.8. The van der Waals surface area contributed by atoms with Gasteiger partial charge < -0.3 is 0 Å². The molecular formula is C28H35N7. The molecule has 0 atom stereocenters. The van der Waals surface area contributed by atoms with Gasteiger partial charge in [0, 0.05) is 38.6 Å². The van der Waals surface area contributed by atoms with Crippen LogP contribution in [0, 0.1) is 0 Å². The van der Waals surface area contributed by atoms with E-state index in [1.54, 1.807) is 0 Å². The van der Waals surface area contributed by atoms with Crippen molar-refractivity contribution < 1.29 is 0 Å². The lowest BCUT2D eigenvalue weighted by atomic mass is 10.2. The summed E-state index contributed by atoms with van der Waals surface area (Å²) >= 11 is 0. The molecule has 3 aromatic rings. The molecule has 0 aliphatic carbocycles. The molecule has 0 saturated heterocycles. The van der Waals surface area contributed by atoms with Crippen molar-refractivity contribution in [1.82, 2.24) is 24.8 Å². The highest BCUT2D eigenvalue weighted by molar-refractivity contribution is 6.00. The Morgan fingerprint density at radius 3 is 1.60 bits per heavy atom. The molecule has 1 aliphatic rings. The lowest BCUT2D eigenvalue weighted by Crippen LogP contribution is -2.33. The van der Waals surface area contributed by atoms with Crippen LogP contribution in [0.1, 0.15) is 43.0 Å². The van der Waals surface area contributed by atoms with Crippen LogP contribution >= 0.6 is 0 Å². The van der Waals surface area contributed by atoms with Crippen molar-refractivity contribution in [2.75, 3.05) is 39.3 Å². The summed E-state index contributed by atoms with van der Waals surface area (Å²) in [4.78, 5) is 28.5. The maximum absolute atomic E-state index is 4.85. The molecule has 0 aromatic carbocycles. The van der Waals surface area contributed by atoms with Gasteiger partial charge in [0.25, 0.3) is 0 Å². The number of hydrogen-bond acceptors (Lipinski definition) is 7. The van der Waals surface area contributed by atoms with Crippen LogP contribution in [0.2, 0.25) is 0 Å². The molecule has 0 N–H and O–H groups in total. The van der Waals surface area contributed by atoms with Gasteiger partial charge in [-0.2, -0.15) is 0 Å². The Bertz CT molecular complexity index is 1030. The third-order valence-corrected chi connectivity index (χ3v) is 6.19.